The molecule has 2 heterocycles. The number of nitrogens with one attached hydrogen (secondary N) is 2. The van der Waals surface area contributed by atoms with E-state index in [1.165, 1.54) is 6.07 Å². The van der Waals surface area contributed by atoms with Gasteiger partial charge in [-0.3, -0.25) is 0 Å². The van der Waals surface area contributed by atoms with Crippen molar-refractivity contribution < 1.29 is 9.13 Å². The molecule has 1 aliphatic heterocycles. The third-order valence-corrected chi connectivity index (χ3v) is 4.81. The summed E-state index contributed by atoms with van der Waals surface area (Å²) >= 11 is 0. The Morgan fingerprint density at radius 1 is 0.926 bits per heavy atom. The molecule has 0 atom stereocenters. The molecule has 3 aromatic carbocycles. The number of fused-ring (bicyclic) bond motifs is 3. The second-order valence-electron chi connectivity index (χ2n) is 6.49. The van der Waals surface area contributed by atoms with Gasteiger partial charge in [-0.15, -0.1) is 0 Å². The molecule has 4 nitrogen and oxygen atoms in total. The number of halogens is 1. The van der Waals surface area contributed by atoms with Crippen molar-refractivity contribution in [3.05, 3.63) is 99.2 Å². The second-order valence-corrected chi connectivity index (χ2v) is 6.49. The Morgan fingerprint density at radius 3 is 2.67 bits per heavy atom. The topological polar surface area (TPSA) is 57.9 Å². The summed E-state index contributed by atoms with van der Waals surface area (Å²) in [4.78, 5) is 17.0. The van der Waals surface area contributed by atoms with Gasteiger partial charge in [-0.2, -0.15) is 0 Å². The third-order valence-electron chi connectivity index (χ3n) is 4.81. The molecule has 0 unspecified atom stereocenters. The van der Waals surface area contributed by atoms with Crippen LogP contribution in [0.25, 0.3) is 22.7 Å². The van der Waals surface area contributed by atoms with E-state index in [1.807, 2.05) is 54.6 Å². The number of benzene rings is 3. The molecule has 0 bridgehead atoms. The van der Waals surface area contributed by atoms with Crippen molar-refractivity contribution in [1.29, 1.82) is 0 Å². The SMILES string of the molecule is O=c1[nH]c2ccc(C=C3c4ccccc4OCc4c(F)cccc43)cc2[nH]1. The number of imidazole rings is 1. The molecule has 5 heteroatoms. The van der Waals surface area contributed by atoms with Gasteiger partial charge in [-0.1, -0.05) is 36.4 Å². The Balaban J connectivity index is 1.77. The normalized spacial score (nSPS) is 14.5. The van der Waals surface area contributed by atoms with Crippen LogP contribution < -0.4 is 10.4 Å². The van der Waals surface area contributed by atoms with Crippen LogP contribution in [0.3, 0.4) is 0 Å². The average Bonchev–Trinajstić information content (AvgIpc) is 2.96. The third kappa shape index (κ3) is 2.64. The lowest BCUT2D eigenvalue weighted by Crippen LogP contribution is -1.99. The maximum absolute atomic E-state index is 14.4. The summed E-state index contributed by atoms with van der Waals surface area (Å²) in [6.07, 6.45) is 2.00. The smallest absolute Gasteiger partial charge is 0.323 e. The van der Waals surface area contributed by atoms with Crippen molar-refractivity contribution in [2.24, 2.45) is 0 Å². The Labute approximate surface area is 153 Å². The number of ether oxygens (including phenoxy) is 1. The quantitative estimate of drug-likeness (QED) is 0.527. The van der Waals surface area contributed by atoms with Crippen molar-refractivity contribution >= 4 is 22.7 Å². The van der Waals surface area contributed by atoms with E-state index >= 15 is 0 Å². The molecule has 0 saturated heterocycles. The van der Waals surface area contributed by atoms with Gasteiger partial charge in [0.05, 0.1) is 11.0 Å². The number of aromatic amines is 2. The molecule has 4 aromatic rings. The summed E-state index contributed by atoms with van der Waals surface area (Å²) in [6.45, 7) is 0.181. The van der Waals surface area contributed by atoms with Crippen LogP contribution in [0.2, 0.25) is 0 Å². The Kier molecular flexibility index (Phi) is 3.47. The molecule has 0 amide bonds. The Morgan fingerprint density at radius 2 is 1.74 bits per heavy atom. The van der Waals surface area contributed by atoms with Gasteiger partial charge in [0.1, 0.15) is 18.2 Å². The summed E-state index contributed by atoms with van der Waals surface area (Å²) in [7, 11) is 0. The molecule has 1 aromatic heterocycles. The maximum atomic E-state index is 14.4. The predicted molar refractivity (Wildman–Crippen MR) is 103 cm³/mol. The zero-order valence-corrected chi connectivity index (χ0v) is 14.3. The van der Waals surface area contributed by atoms with Crippen LogP contribution in [0.5, 0.6) is 5.75 Å². The molecule has 0 fully saturated rings. The molecule has 0 aliphatic carbocycles. The van der Waals surface area contributed by atoms with Gasteiger partial charge in [0.15, 0.2) is 0 Å². The highest BCUT2D eigenvalue weighted by atomic mass is 19.1. The molecular formula is C22H15FN2O2. The number of aromatic nitrogens is 2. The molecule has 5 rings (SSSR count). The van der Waals surface area contributed by atoms with Crippen LogP contribution in [0.1, 0.15) is 22.3 Å². The lowest BCUT2D eigenvalue weighted by atomic mass is 9.92. The molecule has 1 aliphatic rings. The van der Waals surface area contributed by atoms with Gasteiger partial charge >= 0.3 is 5.69 Å². The highest BCUT2D eigenvalue weighted by Crippen LogP contribution is 2.38. The van der Waals surface area contributed by atoms with Crippen molar-refractivity contribution in [1.82, 2.24) is 9.97 Å². The van der Waals surface area contributed by atoms with E-state index in [9.17, 15) is 9.18 Å². The summed E-state index contributed by atoms with van der Waals surface area (Å²) in [5, 5.41) is 0. The molecule has 2 N–H and O–H groups in total. The predicted octanol–water partition coefficient (Wildman–Crippen LogP) is 4.48. The zero-order valence-electron chi connectivity index (χ0n) is 14.3. The van der Waals surface area contributed by atoms with E-state index in [2.05, 4.69) is 9.97 Å². The summed E-state index contributed by atoms with van der Waals surface area (Å²) in [5.74, 6) is 0.437. The fraction of sp³-hybridized carbons (Fsp3) is 0.0455. The lowest BCUT2D eigenvalue weighted by molar-refractivity contribution is 0.301. The zero-order chi connectivity index (χ0) is 18.4. The number of H-pyrrole nitrogens is 2. The van der Waals surface area contributed by atoms with Crippen LogP contribution in [0, 0.1) is 5.82 Å². The van der Waals surface area contributed by atoms with Crippen molar-refractivity contribution in [3.8, 4) is 5.75 Å². The van der Waals surface area contributed by atoms with Crippen LogP contribution in [0.4, 0.5) is 4.39 Å². The van der Waals surface area contributed by atoms with Gasteiger partial charge in [0, 0.05) is 11.1 Å². The standard InChI is InChI=1S/C22H15FN2O2/c23-18-6-3-5-14-16(15-4-1-2-7-21(15)27-12-17(14)18)10-13-8-9-19-20(11-13)25-22(26)24-19/h1-11H,12H2,(H2,24,25,26). The molecule has 27 heavy (non-hydrogen) atoms. The van der Waals surface area contributed by atoms with E-state index in [1.54, 1.807) is 6.07 Å². The van der Waals surface area contributed by atoms with Gasteiger partial charge in [-0.25, -0.2) is 9.18 Å². The number of para-hydroxylation sites is 1. The lowest BCUT2D eigenvalue weighted by Gasteiger charge is -2.11. The van der Waals surface area contributed by atoms with Crippen molar-refractivity contribution in [3.63, 3.8) is 0 Å². The second kappa shape index (κ2) is 5.99. The van der Waals surface area contributed by atoms with Gasteiger partial charge in [0.25, 0.3) is 0 Å². The Hall–Kier alpha value is -3.60. The fourth-order valence-corrected chi connectivity index (χ4v) is 3.53. The highest BCUT2D eigenvalue weighted by molar-refractivity contribution is 5.95. The molecule has 0 spiro atoms. The molecule has 0 radical (unpaired) electrons. The van der Waals surface area contributed by atoms with Gasteiger partial charge in [0.2, 0.25) is 0 Å². The minimum Gasteiger partial charge on any atom is -0.488 e. The average molecular weight is 358 g/mol. The molecular weight excluding hydrogens is 343 g/mol. The summed E-state index contributed by atoms with van der Waals surface area (Å²) < 4.78 is 20.3. The van der Waals surface area contributed by atoms with E-state index in [0.717, 1.165) is 39.0 Å². The van der Waals surface area contributed by atoms with Crippen LogP contribution in [0.15, 0.2) is 65.5 Å². The van der Waals surface area contributed by atoms with Crippen LogP contribution >= 0.6 is 0 Å². The van der Waals surface area contributed by atoms with E-state index in [-0.39, 0.29) is 18.1 Å². The number of hydrogen-bond donors (Lipinski definition) is 2. The summed E-state index contributed by atoms with van der Waals surface area (Å²) in [6, 6.07) is 18.4. The number of rotatable bonds is 1. The first kappa shape index (κ1) is 15.6. The van der Waals surface area contributed by atoms with Crippen molar-refractivity contribution in [2.45, 2.75) is 6.61 Å². The molecule has 0 saturated carbocycles. The van der Waals surface area contributed by atoms with E-state index in [0.29, 0.717) is 5.56 Å². The van der Waals surface area contributed by atoms with Crippen LogP contribution in [-0.2, 0) is 6.61 Å². The largest absolute Gasteiger partial charge is 0.488 e. The first-order valence-corrected chi connectivity index (χ1v) is 8.63. The van der Waals surface area contributed by atoms with E-state index in [4.69, 9.17) is 4.74 Å². The first-order valence-electron chi connectivity index (χ1n) is 8.63. The first-order chi connectivity index (χ1) is 13.2. The monoisotopic (exact) mass is 358 g/mol. The Bertz CT molecular complexity index is 1270. The minimum atomic E-state index is -0.281. The molecule has 132 valence electrons. The maximum Gasteiger partial charge on any atom is 0.323 e. The van der Waals surface area contributed by atoms with Gasteiger partial charge < -0.3 is 14.7 Å². The van der Waals surface area contributed by atoms with Crippen molar-refractivity contribution in [2.75, 3.05) is 0 Å². The van der Waals surface area contributed by atoms with Crippen LogP contribution in [-0.4, -0.2) is 9.97 Å². The van der Waals surface area contributed by atoms with E-state index < -0.39 is 0 Å². The minimum absolute atomic E-state index is 0.181. The van der Waals surface area contributed by atoms with Gasteiger partial charge in [-0.05, 0) is 47.0 Å². The number of hydrogen-bond acceptors (Lipinski definition) is 2. The summed E-state index contributed by atoms with van der Waals surface area (Å²) in [5.41, 5.74) is 5.28. The fourth-order valence-electron chi connectivity index (χ4n) is 3.53. The highest BCUT2D eigenvalue weighted by Gasteiger charge is 2.21.